The number of carbonyl (C=O) groups is 1. The molecule has 2 amide bonds. The van der Waals surface area contributed by atoms with Crippen LogP contribution in [0.5, 0.6) is 0 Å². The lowest BCUT2D eigenvalue weighted by Gasteiger charge is -2.11. The summed E-state index contributed by atoms with van der Waals surface area (Å²) in [6.07, 6.45) is 1.66. The summed E-state index contributed by atoms with van der Waals surface area (Å²) >= 11 is 0. The molecule has 122 valence electrons. The Hall–Kier alpha value is -3.15. The van der Waals surface area contributed by atoms with Gasteiger partial charge in [-0.3, -0.25) is 5.32 Å². The monoisotopic (exact) mass is 322 g/mol. The Balaban J connectivity index is 1.63. The molecule has 0 aliphatic carbocycles. The number of hydrogen-bond donors (Lipinski definition) is 2. The number of aromatic nitrogens is 2. The molecule has 0 unspecified atom stereocenters. The van der Waals surface area contributed by atoms with Gasteiger partial charge in [0.2, 0.25) is 5.89 Å². The van der Waals surface area contributed by atoms with Gasteiger partial charge in [0, 0.05) is 11.3 Å². The zero-order valence-corrected chi connectivity index (χ0v) is 13.5. The van der Waals surface area contributed by atoms with Gasteiger partial charge in [0.15, 0.2) is 5.76 Å². The first-order valence-corrected chi connectivity index (χ1v) is 7.64. The van der Waals surface area contributed by atoms with Gasteiger partial charge < -0.3 is 9.73 Å². The summed E-state index contributed by atoms with van der Waals surface area (Å²) in [7, 11) is 0. The van der Waals surface area contributed by atoms with Gasteiger partial charge in [0.05, 0.1) is 6.20 Å². The minimum absolute atomic E-state index is 0.361. The second-order valence-electron chi connectivity index (χ2n) is 5.41. The van der Waals surface area contributed by atoms with Crippen molar-refractivity contribution < 1.29 is 9.21 Å². The fraction of sp³-hybridized carbons (Fsp3) is 0.167. The van der Waals surface area contributed by atoms with Gasteiger partial charge in [-0.15, -0.1) is 0 Å². The first kappa shape index (κ1) is 15.7. The van der Waals surface area contributed by atoms with E-state index in [0.717, 1.165) is 11.3 Å². The number of nitrogens with one attached hydrogen (secondary N) is 2. The van der Waals surface area contributed by atoms with Crippen LogP contribution in [-0.2, 0) is 0 Å². The van der Waals surface area contributed by atoms with E-state index in [1.54, 1.807) is 12.3 Å². The average Bonchev–Trinajstić information content (AvgIpc) is 3.05. The number of carbonyl (C=O) groups excluding carboxylic acids is 1. The number of urea groups is 1. The lowest BCUT2D eigenvalue weighted by Crippen LogP contribution is -2.31. The van der Waals surface area contributed by atoms with E-state index in [9.17, 15) is 4.79 Å². The fourth-order valence-electron chi connectivity index (χ4n) is 2.25. The van der Waals surface area contributed by atoms with Crippen LogP contribution in [0.15, 0.2) is 59.1 Å². The maximum atomic E-state index is 12.1. The van der Waals surface area contributed by atoms with E-state index in [4.69, 9.17) is 4.42 Å². The first-order valence-electron chi connectivity index (χ1n) is 7.64. The van der Waals surface area contributed by atoms with Crippen molar-refractivity contribution in [2.24, 2.45) is 0 Å². The number of nitrogens with zero attached hydrogens (tertiary/aromatic N) is 2. The minimum Gasteiger partial charge on any atom is -0.438 e. The number of oxazole rings is 1. The lowest BCUT2D eigenvalue weighted by atomic mass is 10.2. The maximum absolute atomic E-state index is 12.1. The molecule has 2 N–H and O–H groups in total. The SMILES string of the molecule is Cc1cccc(NC(=O)N[C@@H](C)c2ncc(-c3ccccc3)o2)n1. The number of aryl methyl sites for hydroxylation is 1. The third kappa shape index (κ3) is 3.78. The summed E-state index contributed by atoms with van der Waals surface area (Å²) in [5, 5.41) is 5.47. The number of anilines is 1. The predicted octanol–water partition coefficient (Wildman–Crippen LogP) is 3.93. The third-order valence-electron chi connectivity index (χ3n) is 3.43. The highest BCUT2D eigenvalue weighted by Crippen LogP contribution is 2.22. The summed E-state index contributed by atoms with van der Waals surface area (Å²) in [4.78, 5) is 20.5. The van der Waals surface area contributed by atoms with E-state index in [2.05, 4.69) is 20.6 Å². The van der Waals surface area contributed by atoms with Gasteiger partial charge in [0.1, 0.15) is 11.9 Å². The predicted molar refractivity (Wildman–Crippen MR) is 91.5 cm³/mol. The molecule has 6 nitrogen and oxygen atoms in total. The van der Waals surface area contributed by atoms with Crippen molar-refractivity contribution in [3.63, 3.8) is 0 Å². The minimum atomic E-state index is -0.368. The molecule has 0 aliphatic rings. The molecule has 0 aliphatic heterocycles. The molecular weight excluding hydrogens is 304 g/mol. The summed E-state index contributed by atoms with van der Waals surface area (Å²) in [5.41, 5.74) is 1.78. The highest BCUT2D eigenvalue weighted by molar-refractivity contribution is 5.88. The molecular formula is C18H18N4O2. The summed E-state index contributed by atoms with van der Waals surface area (Å²) in [6.45, 7) is 3.67. The highest BCUT2D eigenvalue weighted by Gasteiger charge is 2.16. The van der Waals surface area contributed by atoms with E-state index in [1.807, 2.05) is 56.3 Å². The van der Waals surface area contributed by atoms with Crippen LogP contribution >= 0.6 is 0 Å². The molecule has 0 saturated carbocycles. The van der Waals surface area contributed by atoms with Crippen LogP contribution in [-0.4, -0.2) is 16.0 Å². The van der Waals surface area contributed by atoms with Gasteiger partial charge in [-0.25, -0.2) is 14.8 Å². The van der Waals surface area contributed by atoms with E-state index in [-0.39, 0.29) is 12.1 Å². The molecule has 3 aromatic rings. The van der Waals surface area contributed by atoms with Crippen LogP contribution in [0, 0.1) is 6.92 Å². The number of rotatable bonds is 4. The molecule has 3 rings (SSSR count). The van der Waals surface area contributed by atoms with Crippen LogP contribution in [0.2, 0.25) is 0 Å². The quantitative estimate of drug-likeness (QED) is 0.762. The number of pyridine rings is 1. The number of benzene rings is 1. The molecule has 6 heteroatoms. The number of amides is 2. The highest BCUT2D eigenvalue weighted by atomic mass is 16.4. The Kier molecular flexibility index (Phi) is 4.56. The smallest absolute Gasteiger partial charge is 0.321 e. The number of hydrogen-bond acceptors (Lipinski definition) is 4. The van der Waals surface area contributed by atoms with Gasteiger partial charge >= 0.3 is 6.03 Å². The van der Waals surface area contributed by atoms with E-state index < -0.39 is 0 Å². The second kappa shape index (κ2) is 6.95. The lowest BCUT2D eigenvalue weighted by molar-refractivity contribution is 0.247. The normalized spacial score (nSPS) is 11.8. The Bertz CT molecular complexity index is 830. The van der Waals surface area contributed by atoms with Gasteiger partial charge in [-0.2, -0.15) is 0 Å². The Morgan fingerprint density at radius 2 is 1.92 bits per heavy atom. The molecule has 24 heavy (non-hydrogen) atoms. The van der Waals surface area contributed by atoms with E-state index >= 15 is 0 Å². The molecule has 0 bridgehead atoms. The Morgan fingerprint density at radius 3 is 2.67 bits per heavy atom. The van der Waals surface area contributed by atoms with Crippen molar-refractivity contribution in [3.8, 4) is 11.3 Å². The van der Waals surface area contributed by atoms with Crippen LogP contribution in [0.25, 0.3) is 11.3 Å². The molecule has 2 heterocycles. The molecule has 0 fully saturated rings. The summed E-state index contributed by atoms with van der Waals surface area (Å²) in [6, 6.07) is 14.4. The fourth-order valence-corrected chi connectivity index (χ4v) is 2.25. The molecule has 0 saturated heterocycles. The Labute approximate surface area is 140 Å². The summed E-state index contributed by atoms with van der Waals surface area (Å²) < 4.78 is 5.73. The van der Waals surface area contributed by atoms with Crippen LogP contribution in [0.3, 0.4) is 0 Å². The van der Waals surface area contributed by atoms with E-state index in [0.29, 0.717) is 17.5 Å². The van der Waals surface area contributed by atoms with Crippen molar-refractivity contribution in [1.29, 1.82) is 0 Å². The average molecular weight is 322 g/mol. The summed E-state index contributed by atoms with van der Waals surface area (Å²) in [5.74, 6) is 1.61. The third-order valence-corrected chi connectivity index (χ3v) is 3.43. The largest absolute Gasteiger partial charge is 0.438 e. The van der Waals surface area contributed by atoms with Gasteiger partial charge in [-0.05, 0) is 26.0 Å². The zero-order chi connectivity index (χ0) is 16.9. The second-order valence-corrected chi connectivity index (χ2v) is 5.41. The standard InChI is InChI=1S/C18H18N4O2/c1-12-7-6-10-16(20-12)22-18(23)21-13(2)17-19-11-15(24-17)14-8-4-3-5-9-14/h3-11,13H,1-2H3,(H2,20,21,22,23)/t13-/m0/s1. The van der Waals surface area contributed by atoms with Crippen LogP contribution < -0.4 is 10.6 Å². The zero-order valence-electron chi connectivity index (χ0n) is 13.5. The van der Waals surface area contributed by atoms with Crippen molar-refractivity contribution >= 4 is 11.8 Å². The molecule has 1 aromatic carbocycles. The first-order chi connectivity index (χ1) is 11.6. The molecule has 0 spiro atoms. The molecule has 0 radical (unpaired) electrons. The van der Waals surface area contributed by atoms with Crippen LogP contribution in [0.1, 0.15) is 24.6 Å². The van der Waals surface area contributed by atoms with Crippen molar-refractivity contribution in [2.75, 3.05) is 5.32 Å². The topological polar surface area (TPSA) is 80.0 Å². The van der Waals surface area contributed by atoms with Gasteiger partial charge in [-0.1, -0.05) is 36.4 Å². The van der Waals surface area contributed by atoms with Crippen molar-refractivity contribution in [2.45, 2.75) is 19.9 Å². The molecule has 2 aromatic heterocycles. The van der Waals surface area contributed by atoms with E-state index in [1.165, 1.54) is 0 Å². The van der Waals surface area contributed by atoms with Crippen molar-refractivity contribution in [3.05, 3.63) is 66.3 Å². The van der Waals surface area contributed by atoms with Gasteiger partial charge in [0.25, 0.3) is 0 Å². The maximum Gasteiger partial charge on any atom is 0.321 e. The Morgan fingerprint density at radius 1 is 1.12 bits per heavy atom. The molecule has 1 atom stereocenters. The van der Waals surface area contributed by atoms with Crippen LogP contribution in [0.4, 0.5) is 10.6 Å². The van der Waals surface area contributed by atoms with Crippen molar-refractivity contribution in [1.82, 2.24) is 15.3 Å².